The van der Waals surface area contributed by atoms with Crippen molar-refractivity contribution < 1.29 is 14.3 Å². The standard InChI is InChI=1S/C15H20N4O3/c1-2-21-10-12-9-19(5-6-22-12)15(20)18-14-7-11-3-4-16-13(11)8-17-14/h3-4,7-8,12,16H,2,5-6,9-10H2,1H3,(H,17,18,20). The number of nitrogens with zero attached hydrogens (tertiary/aromatic N) is 2. The molecule has 7 nitrogen and oxygen atoms in total. The zero-order chi connectivity index (χ0) is 15.4. The van der Waals surface area contributed by atoms with Crippen LogP contribution in [-0.4, -0.2) is 59.9 Å². The number of carbonyl (C=O) groups is 1. The van der Waals surface area contributed by atoms with Gasteiger partial charge in [0.15, 0.2) is 0 Å². The number of urea groups is 1. The molecular formula is C15H20N4O3. The SMILES string of the molecule is CCOCC1CN(C(=O)Nc2cc3cc[nH]c3cn2)CCO1. The Balaban J connectivity index is 1.60. The lowest BCUT2D eigenvalue weighted by Gasteiger charge is -2.32. The molecule has 7 heteroatoms. The number of pyridine rings is 1. The maximum Gasteiger partial charge on any atom is 0.323 e. The van der Waals surface area contributed by atoms with Crippen LogP contribution >= 0.6 is 0 Å². The fourth-order valence-electron chi connectivity index (χ4n) is 2.46. The third-order valence-electron chi connectivity index (χ3n) is 3.61. The molecule has 0 aromatic carbocycles. The topological polar surface area (TPSA) is 79.5 Å². The van der Waals surface area contributed by atoms with Crippen LogP contribution in [0.5, 0.6) is 0 Å². The molecule has 3 heterocycles. The maximum atomic E-state index is 12.3. The van der Waals surface area contributed by atoms with E-state index < -0.39 is 0 Å². The van der Waals surface area contributed by atoms with Crippen molar-refractivity contribution in [1.29, 1.82) is 0 Å². The van der Waals surface area contributed by atoms with Gasteiger partial charge < -0.3 is 19.4 Å². The fourth-order valence-corrected chi connectivity index (χ4v) is 2.46. The summed E-state index contributed by atoms with van der Waals surface area (Å²) >= 11 is 0. The van der Waals surface area contributed by atoms with Gasteiger partial charge in [-0.25, -0.2) is 9.78 Å². The third-order valence-corrected chi connectivity index (χ3v) is 3.61. The van der Waals surface area contributed by atoms with Crippen LogP contribution in [-0.2, 0) is 9.47 Å². The highest BCUT2D eigenvalue weighted by atomic mass is 16.5. The van der Waals surface area contributed by atoms with Crippen LogP contribution < -0.4 is 5.32 Å². The first-order chi connectivity index (χ1) is 10.8. The predicted octanol–water partition coefficient (Wildman–Crippen LogP) is 1.83. The minimum atomic E-state index is -0.160. The number of hydrogen-bond donors (Lipinski definition) is 2. The number of H-pyrrole nitrogens is 1. The smallest absolute Gasteiger partial charge is 0.323 e. The minimum absolute atomic E-state index is 0.0698. The third kappa shape index (κ3) is 3.37. The van der Waals surface area contributed by atoms with Crippen LogP contribution in [0, 0.1) is 0 Å². The molecule has 1 fully saturated rings. The molecular weight excluding hydrogens is 284 g/mol. The number of anilines is 1. The van der Waals surface area contributed by atoms with Crippen LogP contribution in [0.15, 0.2) is 24.5 Å². The molecule has 3 rings (SSSR count). The van der Waals surface area contributed by atoms with E-state index in [9.17, 15) is 4.79 Å². The second kappa shape index (κ2) is 6.76. The molecule has 22 heavy (non-hydrogen) atoms. The minimum Gasteiger partial charge on any atom is -0.379 e. The van der Waals surface area contributed by atoms with E-state index in [1.54, 1.807) is 11.1 Å². The van der Waals surface area contributed by atoms with Crippen molar-refractivity contribution in [2.75, 3.05) is 38.2 Å². The predicted molar refractivity (Wildman–Crippen MR) is 82.9 cm³/mol. The van der Waals surface area contributed by atoms with Crippen LogP contribution in [0.1, 0.15) is 6.92 Å². The molecule has 1 saturated heterocycles. The van der Waals surface area contributed by atoms with E-state index >= 15 is 0 Å². The van der Waals surface area contributed by atoms with Gasteiger partial charge in [-0.15, -0.1) is 0 Å². The second-order valence-corrected chi connectivity index (χ2v) is 5.16. The number of aromatic nitrogens is 2. The fraction of sp³-hybridized carbons (Fsp3) is 0.467. The molecule has 0 radical (unpaired) electrons. The number of carbonyl (C=O) groups excluding carboxylic acids is 1. The van der Waals surface area contributed by atoms with Crippen molar-refractivity contribution in [1.82, 2.24) is 14.9 Å². The molecule has 1 unspecified atom stereocenters. The maximum absolute atomic E-state index is 12.3. The Labute approximate surface area is 128 Å². The van der Waals surface area contributed by atoms with Gasteiger partial charge in [-0.05, 0) is 19.1 Å². The highest BCUT2D eigenvalue weighted by Crippen LogP contribution is 2.16. The lowest BCUT2D eigenvalue weighted by molar-refractivity contribution is -0.0555. The molecule has 0 saturated carbocycles. The molecule has 118 valence electrons. The molecule has 2 N–H and O–H groups in total. The zero-order valence-electron chi connectivity index (χ0n) is 12.5. The van der Waals surface area contributed by atoms with Gasteiger partial charge in [0.05, 0.1) is 37.6 Å². The van der Waals surface area contributed by atoms with E-state index in [0.717, 1.165) is 10.9 Å². The number of amides is 2. The van der Waals surface area contributed by atoms with Crippen molar-refractivity contribution in [3.8, 4) is 0 Å². The number of ether oxygens (including phenoxy) is 2. The van der Waals surface area contributed by atoms with Gasteiger partial charge in [0.1, 0.15) is 5.82 Å². The van der Waals surface area contributed by atoms with Crippen LogP contribution in [0.4, 0.5) is 10.6 Å². The molecule has 0 spiro atoms. The molecule has 2 aromatic heterocycles. The molecule has 1 aliphatic rings. The summed E-state index contributed by atoms with van der Waals surface area (Å²) < 4.78 is 11.0. The van der Waals surface area contributed by atoms with Gasteiger partial charge in [-0.1, -0.05) is 0 Å². The second-order valence-electron chi connectivity index (χ2n) is 5.16. The van der Waals surface area contributed by atoms with Gasteiger partial charge in [-0.2, -0.15) is 0 Å². The van der Waals surface area contributed by atoms with Gasteiger partial charge in [0, 0.05) is 24.7 Å². The van der Waals surface area contributed by atoms with Crippen molar-refractivity contribution in [2.24, 2.45) is 0 Å². The monoisotopic (exact) mass is 304 g/mol. The van der Waals surface area contributed by atoms with Gasteiger partial charge >= 0.3 is 6.03 Å². The Morgan fingerprint density at radius 2 is 2.55 bits per heavy atom. The molecule has 0 bridgehead atoms. The Bertz CT molecular complexity index is 643. The number of nitrogens with one attached hydrogen (secondary N) is 2. The Hall–Kier alpha value is -2.12. The van der Waals surface area contributed by atoms with E-state index in [1.807, 2.05) is 25.3 Å². The summed E-state index contributed by atoms with van der Waals surface area (Å²) in [4.78, 5) is 21.4. The van der Waals surface area contributed by atoms with E-state index in [1.165, 1.54) is 0 Å². The van der Waals surface area contributed by atoms with Crippen molar-refractivity contribution in [3.05, 3.63) is 24.5 Å². The van der Waals surface area contributed by atoms with Gasteiger partial charge in [0.25, 0.3) is 0 Å². The van der Waals surface area contributed by atoms with Crippen LogP contribution in [0.3, 0.4) is 0 Å². The molecule has 2 amide bonds. The van der Waals surface area contributed by atoms with Crippen molar-refractivity contribution in [2.45, 2.75) is 13.0 Å². The van der Waals surface area contributed by atoms with Crippen molar-refractivity contribution in [3.63, 3.8) is 0 Å². The number of hydrogen-bond acceptors (Lipinski definition) is 4. The Morgan fingerprint density at radius 3 is 3.41 bits per heavy atom. The summed E-state index contributed by atoms with van der Waals surface area (Å²) in [5.41, 5.74) is 0.946. The average Bonchev–Trinajstić information content (AvgIpc) is 3.01. The van der Waals surface area contributed by atoms with E-state index in [2.05, 4.69) is 15.3 Å². The van der Waals surface area contributed by atoms with Crippen LogP contribution in [0.25, 0.3) is 10.9 Å². The summed E-state index contributed by atoms with van der Waals surface area (Å²) in [5.74, 6) is 0.546. The van der Waals surface area contributed by atoms with Gasteiger partial charge in [0.2, 0.25) is 0 Å². The van der Waals surface area contributed by atoms with Gasteiger partial charge in [-0.3, -0.25) is 5.32 Å². The van der Waals surface area contributed by atoms with Crippen LogP contribution in [0.2, 0.25) is 0 Å². The molecule has 0 aliphatic carbocycles. The zero-order valence-corrected chi connectivity index (χ0v) is 12.5. The summed E-state index contributed by atoms with van der Waals surface area (Å²) in [5, 5.41) is 3.85. The van der Waals surface area contributed by atoms with E-state index in [4.69, 9.17) is 9.47 Å². The molecule has 2 aromatic rings. The highest BCUT2D eigenvalue weighted by molar-refractivity contribution is 5.91. The quantitative estimate of drug-likeness (QED) is 0.903. The Kier molecular flexibility index (Phi) is 4.55. The number of fused-ring (bicyclic) bond motifs is 1. The number of aromatic amines is 1. The summed E-state index contributed by atoms with van der Waals surface area (Å²) in [6.45, 7) is 4.71. The first-order valence-electron chi connectivity index (χ1n) is 7.44. The summed E-state index contributed by atoms with van der Waals surface area (Å²) in [6, 6.07) is 3.63. The van der Waals surface area contributed by atoms with Crippen molar-refractivity contribution >= 4 is 22.8 Å². The molecule has 1 atom stereocenters. The van der Waals surface area contributed by atoms with E-state index in [-0.39, 0.29) is 12.1 Å². The number of rotatable bonds is 4. The van der Waals surface area contributed by atoms with E-state index in [0.29, 0.717) is 38.7 Å². The lowest BCUT2D eigenvalue weighted by Crippen LogP contribution is -2.48. The average molecular weight is 304 g/mol. The highest BCUT2D eigenvalue weighted by Gasteiger charge is 2.24. The first kappa shape index (κ1) is 14.8. The summed E-state index contributed by atoms with van der Waals surface area (Å²) in [6.07, 6.45) is 3.49. The lowest BCUT2D eigenvalue weighted by atomic mass is 10.3. The Morgan fingerprint density at radius 1 is 1.64 bits per heavy atom. The largest absolute Gasteiger partial charge is 0.379 e. The summed E-state index contributed by atoms with van der Waals surface area (Å²) in [7, 11) is 0. The number of morpholine rings is 1. The normalized spacial score (nSPS) is 18.6. The first-order valence-corrected chi connectivity index (χ1v) is 7.44. The molecule has 1 aliphatic heterocycles.